The Labute approximate surface area is 277 Å². The first kappa shape index (κ1) is 27.4. The molecule has 4 heteroatoms. The minimum atomic E-state index is 0.593. The standard InChI is InChI=1S/C44H26N4/c1-46-32-21-25-39-38-13-5-9-17-43(38)48(44(39)27-32)42-16-8-2-10-35(42)34-24-20-30(26-31(34)28-45)29-18-22-33(23-19-29)47-40-14-6-3-11-36(40)37-12-4-7-15-41(37)47/h2-27H. The number of fused-ring (bicyclic) bond motifs is 6. The first-order valence-electron chi connectivity index (χ1n) is 15.9. The topological polar surface area (TPSA) is 38.0 Å². The third-order valence-corrected chi connectivity index (χ3v) is 9.40. The monoisotopic (exact) mass is 610 g/mol. The maximum absolute atomic E-state index is 10.5. The van der Waals surface area contributed by atoms with Crippen molar-refractivity contribution in [1.82, 2.24) is 9.13 Å². The van der Waals surface area contributed by atoms with Gasteiger partial charge in [-0.1, -0.05) is 109 Å². The number of benzene rings is 7. The van der Waals surface area contributed by atoms with Crippen LogP contribution in [-0.4, -0.2) is 9.13 Å². The van der Waals surface area contributed by atoms with E-state index in [0.717, 1.165) is 55.4 Å². The lowest BCUT2D eigenvalue weighted by Crippen LogP contribution is -1.98. The van der Waals surface area contributed by atoms with Gasteiger partial charge in [0.15, 0.2) is 5.69 Å². The zero-order valence-corrected chi connectivity index (χ0v) is 25.8. The summed E-state index contributed by atoms with van der Waals surface area (Å²) >= 11 is 0. The minimum Gasteiger partial charge on any atom is -0.310 e. The van der Waals surface area contributed by atoms with Crippen molar-refractivity contribution in [1.29, 1.82) is 5.26 Å². The average molecular weight is 611 g/mol. The van der Waals surface area contributed by atoms with Gasteiger partial charge in [-0.15, -0.1) is 0 Å². The maximum Gasteiger partial charge on any atom is 0.189 e. The molecule has 0 radical (unpaired) electrons. The molecule has 2 aromatic heterocycles. The van der Waals surface area contributed by atoms with Crippen LogP contribution >= 0.6 is 0 Å². The molecule has 0 fully saturated rings. The number of hydrogen-bond acceptors (Lipinski definition) is 1. The normalized spacial score (nSPS) is 11.3. The van der Waals surface area contributed by atoms with Crippen LogP contribution in [0.1, 0.15) is 5.56 Å². The maximum atomic E-state index is 10.5. The van der Waals surface area contributed by atoms with Crippen LogP contribution < -0.4 is 0 Å². The predicted molar refractivity (Wildman–Crippen MR) is 197 cm³/mol. The van der Waals surface area contributed by atoms with Crippen molar-refractivity contribution in [3.63, 3.8) is 0 Å². The van der Waals surface area contributed by atoms with E-state index in [1.54, 1.807) is 0 Å². The molecule has 9 rings (SSSR count). The molecule has 0 N–H and O–H groups in total. The summed E-state index contributed by atoms with van der Waals surface area (Å²) in [4.78, 5) is 3.71. The van der Waals surface area contributed by atoms with E-state index in [-0.39, 0.29) is 0 Å². The second-order valence-electron chi connectivity index (χ2n) is 12.0. The molecule has 48 heavy (non-hydrogen) atoms. The van der Waals surface area contributed by atoms with Crippen molar-refractivity contribution in [2.45, 2.75) is 0 Å². The summed E-state index contributed by atoms with van der Waals surface area (Å²) in [7, 11) is 0. The molecule has 0 unspecified atom stereocenters. The van der Waals surface area contributed by atoms with E-state index in [1.165, 1.54) is 21.8 Å². The number of nitriles is 1. The van der Waals surface area contributed by atoms with Crippen molar-refractivity contribution in [2.75, 3.05) is 0 Å². The third-order valence-electron chi connectivity index (χ3n) is 9.40. The molecule has 7 aromatic carbocycles. The van der Waals surface area contributed by atoms with Crippen molar-refractivity contribution >= 4 is 49.3 Å². The SMILES string of the molecule is [C-]#[N+]c1ccc2c3ccccc3n(-c3ccccc3-c3ccc(-c4ccc(-n5c6ccccc6c6ccccc65)cc4)cc3C#N)c2c1. The highest BCUT2D eigenvalue weighted by atomic mass is 15.0. The Balaban J connectivity index is 1.15. The number of nitrogens with zero attached hydrogens (tertiary/aromatic N) is 4. The molecule has 222 valence electrons. The number of hydrogen-bond donors (Lipinski definition) is 0. The molecule has 0 aliphatic carbocycles. The van der Waals surface area contributed by atoms with Crippen molar-refractivity contribution in [2.24, 2.45) is 0 Å². The van der Waals surface area contributed by atoms with E-state index in [2.05, 4.69) is 129 Å². The zero-order chi connectivity index (χ0) is 32.2. The van der Waals surface area contributed by atoms with Gasteiger partial charge in [0.2, 0.25) is 0 Å². The van der Waals surface area contributed by atoms with E-state index in [1.807, 2.05) is 48.5 Å². The smallest absolute Gasteiger partial charge is 0.189 e. The van der Waals surface area contributed by atoms with Gasteiger partial charge in [0, 0.05) is 43.9 Å². The fraction of sp³-hybridized carbons (Fsp3) is 0. The largest absolute Gasteiger partial charge is 0.310 e. The van der Waals surface area contributed by atoms with E-state index in [0.29, 0.717) is 11.3 Å². The molecule has 0 bridgehead atoms. The van der Waals surface area contributed by atoms with E-state index in [9.17, 15) is 5.26 Å². The highest BCUT2D eigenvalue weighted by molar-refractivity contribution is 6.11. The third kappa shape index (κ3) is 4.14. The van der Waals surface area contributed by atoms with Crippen molar-refractivity contribution < 1.29 is 0 Å². The van der Waals surface area contributed by atoms with E-state index >= 15 is 0 Å². The number of para-hydroxylation sites is 4. The molecule has 0 saturated heterocycles. The molecule has 9 aromatic rings. The Bertz CT molecular complexity index is 2750. The van der Waals surface area contributed by atoms with E-state index < -0.39 is 0 Å². The van der Waals surface area contributed by atoms with Gasteiger partial charge in [-0.05, 0) is 59.7 Å². The summed E-state index contributed by atoms with van der Waals surface area (Å²) in [6, 6.07) is 56.7. The molecule has 4 nitrogen and oxygen atoms in total. The molecular formula is C44H26N4. The Morgan fingerprint density at radius 1 is 0.479 bits per heavy atom. The fourth-order valence-electron chi connectivity index (χ4n) is 7.24. The Morgan fingerprint density at radius 2 is 1.04 bits per heavy atom. The van der Waals surface area contributed by atoms with Gasteiger partial charge < -0.3 is 9.13 Å². The lowest BCUT2D eigenvalue weighted by atomic mass is 9.94. The predicted octanol–water partition coefficient (Wildman–Crippen LogP) is 11.6. The first-order chi connectivity index (χ1) is 23.7. The van der Waals surface area contributed by atoms with Crippen molar-refractivity contribution in [3.8, 4) is 39.7 Å². The van der Waals surface area contributed by atoms with Crippen LogP contribution in [-0.2, 0) is 0 Å². The van der Waals surface area contributed by atoms with Crippen LogP contribution in [0.5, 0.6) is 0 Å². The van der Waals surface area contributed by atoms with Gasteiger partial charge in [0.05, 0.1) is 40.4 Å². The summed E-state index contributed by atoms with van der Waals surface area (Å²) in [6.45, 7) is 7.64. The molecule has 0 spiro atoms. The molecule has 0 aliphatic rings. The number of rotatable bonds is 4. The Kier molecular flexibility index (Phi) is 6.22. The second-order valence-corrected chi connectivity index (χ2v) is 12.0. The van der Waals surface area contributed by atoms with Crippen LogP contribution in [0.2, 0.25) is 0 Å². The fourth-order valence-corrected chi connectivity index (χ4v) is 7.24. The van der Waals surface area contributed by atoms with Crippen molar-refractivity contribution in [3.05, 3.63) is 175 Å². The first-order valence-corrected chi connectivity index (χ1v) is 15.9. The Morgan fingerprint density at radius 3 is 1.69 bits per heavy atom. The summed E-state index contributed by atoms with van der Waals surface area (Å²) < 4.78 is 4.53. The molecule has 2 heterocycles. The minimum absolute atomic E-state index is 0.593. The summed E-state index contributed by atoms with van der Waals surface area (Å²) in [5.74, 6) is 0. The van der Waals surface area contributed by atoms with Crippen LogP contribution in [0.4, 0.5) is 5.69 Å². The number of aromatic nitrogens is 2. The van der Waals surface area contributed by atoms with Crippen LogP contribution in [0.25, 0.3) is 82.1 Å². The molecular weight excluding hydrogens is 585 g/mol. The lowest BCUT2D eigenvalue weighted by molar-refractivity contribution is 1.18. The Hall–Kier alpha value is -6.88. The zero-order valence-electron chi connectivity index (χ0n) is 25.8. The van der Waals surface area contributed by atoms with Gasteiger partial charge in [-0.2, -0.15) is 5.26 Å². The van der Waals surface area contributed by atoms with Gasteiger partial charge in [0.25, 0.3) is 0 Å². The highest BCUT2D eigenvalue weighted by Crippen LogP contribution is 2.39. The average Bonchev–Trinajstić information content (AvgIpc) is 3.67. The summed E-state index contributed by atoms with van der Waals surface area (Å²) in [5.41, 5.74) is 11.5. The lowest BCUT2D eigenvalue weighted by Gasteiger charge is -2.16. The quantitative estimate of drug-likeness (QED) is 0.183. The van der Waals surface area contributed by atoms with Gasteiger partial charge in [0.1, 0.15) is 0 Å². The summed E-state index contributed by atoms with van der Waals surface area (Å²) in [6.07, 6.45) is 0. The van der Waals surface area contributed by atoms with Gasteiger partial charge in [-0.25, -0.2) is 4.85 Å². The molecule has 0 aliphatic heterocycles. The van der Waals surface area contributed by atoms with Crippen LogP contribution in [0.3, 0.4) is 0 Å². The second kappa shape index (κ2) is 10.9. The molecule has 0 amide bonds. The van der Waals surface area contributed by atoms with Crippen LogP contribution in [0.15, 0.2) is 158 Å². The molecule has 0 atom stereocenters. The summed E-state index contributed by atoms with van der Waals surface area (Å²) in [5, 5.41) is 15.1. The molecule has 0 saturated carbocycles. The highest BCUT2D eigenvalue weighted by Gasteiger charge is 2.18. The van der Waals surface area contributed by atoms with Crippen LogP contribution in [0, 0.1) is 17.9 Å². The van der Waals surface area contributed by atoms with Gasteiger partial charge >= 0.3 is 0 Å². The van der Waals surface area contributed by atoms with Gasteiger partial charge in [-0.3, -0.25) is 0 Å². The van der Waals surface area contributed by atoms with E-state index in [4.69, 9.17) is 6.57 Å².